The molecule has 0 bridgehead atoms. The van der Waals surface area contributed by atoms with E-state index in [-0.39, 0.29) is 23.9 Å². The van der Waals surface area contributed by atoms with Gasteiger partial charge < -0.3 is 9.80 Å². The van der Waals surface area contributed by atoms with Crippen LogP contribution in [0.25, 0.3) is 5.57 Å². The van der Waals surface area contributed by atoms with Crippen LogP contribution in [0.15, 0.2) is 23.9 Å². The van der Waals surface area contributed by atoms with Crippen LogP contribution in [0.3, 0.4) is 0 Å². The smallest absolute Gasteiger partial charge is 0.278 e. The first-order chi connectivity index (χ1) is 14.9. The molecule has 0 N–H and O–H groups in total. The molecule has 1 aromatic carbocycles. The van der Waals surface area contributed by atoms with Gasteiger partial charge in [0.1, 0.15) is 5.70 Å². The van der Waals surface area contributed by atoms with Crippen LogP contribution in [0, 0.1) is 13.8 Å². The van der Waals surface area contributed by atoms with E-state index in [9.17, 15) is 9.59 Å². The molecule has 2 fully saturated rings. The third kappa shape index (κ3) is 4.30. The Balaban J connectivity index is 1.75. The molecule has 1 saturated carbocycles. The monoisotopic (exact) mass is 423 g/mol. The number of benzene rings is 1. The highest BCUT2D eigenvalue weighted by atomic mass is 16.2. The number of hydrogen-bond acceptors (Lipinski definition) is 4. The summed E-state index contributed by atoms with van der Waals surface area (Å²) in [6.45, 7) is 6.16. The van der Waals surface area contributed by atoms with Crippen LogP contribution < -0.4 is 0 Å². The fraction of sp³-hybridized carbons (Fsp3) is 0.615. The minimum absolute atomic E-state index is 0.0339. The minimum atomic E-state index is -0.0846. The Hall–Kier alpha value is -2.14. The van der Waals surface area contributed by atoms with Crippen molar-refractivity contribution in [2.75, 3.05) is 27.2 Å². The summed E-state index contributed by atoms with van der Waals surface area (Å²) in [5, 5.41) is 0. The highest BCUT2D eigenvalue weighted by molar-refractivity contribution is 6.36. The lowest BCUT2D eigenvalue weighted by Crippen LogP contribution is -2.45. The van der Waals surface area contributed by atoms with Crippen molar-refractivity contribution < 1.29 is 9.59 Å². The molecule has 1 aromatic rings. The molecule has 31 heavy (non-hydrogen) atoms. The summed E-state index contributed by atoms with van der Waals surface area (Å²) in [7, 11) is 4.17. The van der Waals surface area contributed by atoms with Gasteiger partial charge in [-0.15, -0.1) is 0 Å². The van der Waals surface area contributed by atoms with Crippen molar-refractivity contribution in [1.29, 1.82) is 0 Å². The Morgan fingerprint density at radius 3 is 2.16 bits per heavy atom. The van der Waals surface area contributed by atoms with Gasteiger partial charge in [0.25, 0.3) is 11.8 Å². The van der Waals surface area contributed by atoms with E-state index in [1.165, 1.54) is 18.4 Å². The maximum atomic E-state index is 13.8. The molecule has 2 heterocycles. The van der Waals surface area contributed by atoms with Gasteiger partial charge in [0.15, 0.2) is 0 Å². The lowest BCUT2D eigenvalue weighted by atomic mass is 9.96. The molecule has 1 aliphatic carbocycles. The molecule has 3 aliphatic rings. The van der Waals surface area contributed by atoms with Gasteiger partial charge in [0.2, 0.25) is 0 Å². The van der Waals surface area contributed by atoms with E-state index >= 15 is 0 Å². The molecule has 0 spiro atoms. The zero-order chi connectivity index (χ0) is 22.1. The number of rotatable bonds is 4. The van der Waals surface area contributed by atoms with Crippen LogP contribution in [-0.2, 0) is 9.59 Å². The number of piperidine rings is 1. The molecular weight excluding hydrogens is 386 g/mol. The quantitative estimate of drug-likeness (QED) is 0.539. The molecule has 0 unspecified atom stereocenters. The number of likely N-dealkylation sites (tertiary alicyclic amines) is 1. The number of likely N-dealkylation sites (N-methyl/N-ethyl adjacent to an activating group) is 1. The SMILES string of the molecule is Cc1ccc(C2=C(N(C)C3CCN(C)CC3)C(=O)N(C3CCCCCC3)C2=O)c(C)c1. The van der Waals surface area contributed by atoms with E-state index in [4.69, 9.17) is 0 Å². The minimum Gasteiger partial charge on any atom is -0.366 e. The Kier molecular flexibility index (Phi) is 6.52. The molecular formula is C26H37N3O2. The maximum Gasteiger partial charge on any atom is 0.278 e. The van der Waals surface area contributed by atoms with Crippen LogP contribution in [0.2, 0.25) is 0 Å². The van der Waals surface area contributed by atoms with Crippen molar-refractivity contribution in [1.82, 2.24) is 14.7 Å². The normalized spacial score (nSPS) is 22.4. The zero-order valence-electron chi connectivity index (χ0n) is 19.6. The Bertz CT molecular complexity index is 875. The highest BCUT2D eigenvalue weighted by Crippen LogP contribution is 2.38. The van der Waals surface area contributed by atoms with Gasteiger partial charge in [0, 0.05) is 19.1 Å². The van der Waals surface area contributed by atoms with Gasteiger partial charge in [-0.2, -0.15) is 0 Å². The standard InChI is InChI=1S/C26H37N3O2/c1-18-11-12-22(19(2)17-18)23-24(28(4)20-13-15-27(3)16-14-20)26(31)29(25(23)30)21-9-7-5-6-8-10-21/h11-12,17,20-21H,5-10,13-16H2,1-4H3. The van der Waals surface area contributed by atoms with Crippen molar-refractivity contribution in [3.05, 3.63) is 40.6 Å². The number of aryl methyl sites for hydroxylation is 2. The van der Waals surface area contributed by atoms with E-state index in [0.29, 0.717) is 11.3 Å². The van der Waals surface area contributed by atoms with Gasteiger partial charge >= 0.3 is 0 Å². The molecule has 1 saturated heterocycles. The topological polar surface area (TPSA) is 43.9 Å². The summed E-state index contributed by atoms with van der Waals surface area (Å²) in [6, 6.07) is 6.52. The summed E-state index contributed by atoms with van der Waals surface area (Å²) >= 11 is 0. The van der Waals surface area contributed by atoms with Crippen molar-refractivity contribution in [2.45, 2.75) is 77.3 Å². The molecule has 168 valence electrons. The maximum absolute atomic E-state index is 13.8. The first kappa shape index (κ1) is 22.1. The van der Waals surface area contributed by atoms with E-state index in [1.54, 1.807) is 4.90 Å². The number of nitrogens with zero attached hydrogens (tertiary/aromatic N) is 3. The number of amides is 2. The van der Waals surface area contributed by atoms with Gasteiger partial charge in [-0.05, 0) is 70.8 Å². The van der Waals surface area contributed by atoms with Gasteiger partial charge in [-0.3, -0.25) is 14.5 Å². The van der Waals surface area contributed by atoms with Gasteiger partial charge in [-0.1, -0.05) is 49.4 Å². The molecule has 2 amide bonds. The molecule has 0 aromatic heterocycles. The Labute approximate surface area is 187 Å². The van der Waals surface area contributed by atoms with Gasteiger partial charge in [-0.25, -0.2) is 0 Å². The van der Waals surface area contributed by atoms with E-state index in [0.717, 1.165) is 62.7 Å². The lowest BCUT2D eigenvalue weighted by molar-refractivity contribution is -0.140. The second kappa shape index (κ2) is 9.15. The number of imide groups is 1. The zero-order valence-corrected chi connectivity index (χ0v) is 19.6. The van der Waals surface area contributed by atoms with Crippen molar-refractivity contribution >= 4 is 17.4 Å². The van der Waals surface area contributed by atoms with E-state index < -0.39 is 0 Å². The lowest BCUT2D eigenvalue weighted by Gasteiger charge is -2.37. The average Bonchev–Trinajstić information content (AvgIpc) is 2.91. The third-order valence-corrected chi connectivity index (χ3v) is 7.52. The largest absolute Gasteiger partial charge is 0.366 e. The van der Waals surface area contributed by atoms with Crippen molar-refractivity contribution in [3.8, 4) is 0 Å². The van der Waals surface area contributed by atoms with Crippen LogP contribution in [0.1, 0.15) is 68.1 Å². The van der Waals surface area contributed by atoms with Crippen molar-refractivity contribution in [3.63, 3.8) is 0 Å². The summed E-state index contributed by atoms with van der Waals surface area (Å²) in [5.74, 6) is -0.160. The molecule has 2 aliphatic heterocycles. The average molecular weight is 424 g/mol. The van der Waals surface area contributed by atoms with Crippen molar-refractivity contribution in [2.24, 2.45) is 0 Å². The number of carbonyl (C=O) groups is 2. The Morgan fingerprint density at radius 1 is 0.903 bits per heavy atom. The molecule has 0 radical (unpaired) electrons. The van der Waals surface area contributed by atoms with Crippen LogP contribution in [-0.4, -0.2) is 65.8 Å². The van der Waals surface area contributed by atoms with E-state index in [2.05, 4.69) is 42.8 Å². The number of hydrogen-bond donors (Lipinski definition) is 0. The summed E-state index contributed by atoms with van der Waals surface area (Å²) in [6.07, 6.45) is 8.50. The predicted molar refractivity (Wildman–Crippen MR) is 124 cm³/mol. The molecule has 4 rings (SSSR count). The molecule has 0 atom stereocenters. The second-order valence-electron chi connectivity index (χ2n) is 9.81. The first-order valence-corrected chi connectivity index (χ1v) is 12.0. The number of carbonyl (C=O) groups excluding carboxylic acids is 2. The molecule has 5 heteroatoms. The summed E-state index contributed by atoms with van der Waals surface area (Å²) < 4.78 is 0. The van der Waals surface area contributed by atoms with Gasteiger partial charge in [0.05, 0.1) is 5.57 Å². The summed E-state index contributed by atoms with van der Waals surface area (Å²) in [4.78, 5) is 33.8. The molecule has 5 nitrogen and oxygen atoms in total. The third-order valence-electron chi connectivity index (χ3n) is 7.52. The highest BCUT2D eigenvalue weighted by Gasteiger charge is 2.45. The Morgan fingerprint density at radius 2 is 1.55 bits per heavy atom. The van der Waals surface area contributed by atoms with Crippen LogP contribution in [0.4, 0.5) is 0 Å². The first-order valence-electron chi connectivity index (χ1n) is 12.0. The fourth-order valence-corrected chi connectivity index (χ4v) is 5.61. The van der Waals surface area contributed by atoms with Crippen LogP contribution in [0.5, 0.6) is 0 Å². The fourth-order valence-electron chi connectivity index (χ4n) is 5.61. The second-order valence-corrected chi connectivity index (χ2v) is 9.81. The van der Waals surface area contributed by atoms with E-state index in [1.807, 2.05) is 13.1 Å². The summed E-state index contributed by atoms with van der Waals surface area (Å²) in [5.41, 5.74) is 4.39. The van der Waals surface area contributed by atoms with Crippen LogP contribution >= 0.6 is 0 Å². The predicted octanol–water partition coefficient (Wildman–Crippen LogP) is 4.13.